The standard InChI is InChI=1S/C18H18FN3OS/c1-11-2-4-12(5-3-11)15-10-16(15)17(23)21-22-18(24)20-14-8-6-13(19)7-9-14/h2-9,15-16H,10H2,1H3,(H,21,23)(H2,20,22,24)/t15-,16+/m0/s1. The van der Waals surface area contributed by atoms with E-state index >= 15 is 0 Å². The second-order valence-electron chi connectivity index (χ2n) is 5.93. The van der Waals surface area contributed by atoms with Crippen molar-refractivity contribution < 1.29 is 9.18 Å². The van der Waals surface area contributed by atoms with Crippen LogP contribution in [0.5, 0.6) is 0 Å². The molecule has 3 rings (SSSR count). The molecular formula is C18H18FN3OS. The van der Waals surface area contributed by atoms with E-state index in [-0.39, 0.29) is 28.7 Å². The van der Waals surface area contributed by atoms with Gasteiger partial charge in [-0.05, 0) is 61.3 Å². The minimum atomic E-state index is -0.316. The highest BCUT2D eigenvalue weighted by atomic mass is 32.1. The predicted molar refractivity (Wildman–Crippen MR) is 95.9 cm³/mol. The average molecular weight is 343 g/mol. The summed E-state index contributed by atoms with van der Waals surface area (Å²) in [5.74, 6) is -0.160. The number of amides is 1. The summed E-state index contributed by atoms with van der Waals surface area (Å²) in [5, 5.41) is 3.12. The molecule has 0 radical (unpaired) electrons. The number of anilines is 1. The van der Waals surface area contributed by atoms with Crippen molar-refractivity contribution in [1.29, 1.82) is 0 Å². The largest absolute Gasteiger partial charge is 0.331 e. The van der Waals surface area contributed by atoms with Gasteiger partial charge in [0.25, 0.3) is 0 Å². The van der Waals surface area contributed by atoms with Gasteiger partial charge in [-0.2, -0.15) is 0 Å². The van der Waals surface area contributed by atoms with E-state index in [1.807, 2.05) is 6.92 Å². The number of thiocarbonyl (C=S) groups is 1. The zero-order chi connectivity index (χ0) is 17.1. The Kier molecular flexibility index (Phi) is 4.76. The van der Waals surface area contributed by atoms with Crippen LogP contribution in [0.4, 0.5) is 10.1 Å². The fourth-order valence-corrected chi connectivity index (χ4v) is 2.74. The number of carbonyl (C=O) groups excluding carboxylic acids is 1. The Morgan fingerprint density at radius 3 is 2.42 bits per heavy atom. The van der Waals surface area contributed by atoms with Gasteiger partial charge in [0, 0.05) is 11.6 Å². The van der Waals surface area contributed by atoms with E-state index in [1.54, 1.807) is 12.1 Å². The molecule has 0 heterocycles. The molecule has 0 saturated heterocycles. The van der Waals surface area contributed by atoms with Crippen molar-refractivity contribution in [3.05, 3.63) is 65.5 Å². The number of benzene rings is 2. The Balaban J connectivity index is 1.45. The summed E-state index contributed by atoms with van der Waals surface area (Å²) in [6.45, 7) is 2.04. The Morgan fingerprint density at radius 1 is 1.08 bits per heavy atom. The maximum Gasteiger partial charge on any atom is 0.242 e. The van der Waals surface area contributed by atoms with E-state index in [0.29, 0.717) is 5.69 Å². The minimum absolute atomic E-state index is 0.0335. The van der Waals surface area contributed by atoms with Crippen LogP contribution >= 0.6 is 12.2 Å². The molecule has 1 amide bonds. The molecule has 2 atom stereocenters. The highest BCUT2D eigenvalue weighted by molar-refractivity contribution is 7.80. The monoisotopic (exact) mass is 343 g/mol. The van der Waals surface area contributed by atoms with Crippen LogP contribution in [0.1, 0.15) is 23.5 Å². The van der Waals surface area contributed by atoms with E-state index in [1.165, 1.54) is 23.3 Å². The summed E-state index contributed by atoms with van der Waals surface area (Å²) in [4.78, 5) is 12.1. The van der Waals surface area contributed by atoms with Crippen molar-refractivity contribution in [3.63, 3.8) is 0 Å². The maximum atomic E-state index is 12.8. The quantitative estimate of drug-likeness (QED) is 0.591. The maximum absolute atomic E-state index is 12.8. The summed E-state index contributed by atoms with van der Waals surface area (Å²) in [6.07, 6.45) is 0.842. The number of hydrogen-bond donors (Lipinski definition) is 3. The number of halogens is 1. The lowest BCUT2D eigenvalue weighted by Crippen LogP contribution is -2.44. The van der Waals surface area contributed by atoms with E-state index in [0.717, 1.165) is 6.42 Å². The first-order chi connectivity index (χ1) is 11.5. The van der Waals surface area contributed by atoms with Crippen molar-refractivity contribution in [1.82, 2.24) is 10.9 Å². The number of hydrazine groups is 1. The smallest absolute Gasteiger partial charge is 0.242 e. The zero-order valence-electron chi connectivity index (χ0n) is 13.2. The van der Waals surface area contributed by atoms with Crippen LogP contribution in [0.15, 0.2) is 48.5 Å². The first-order valence-corrected chi connectivity index (χ1v) is 8.13. The fraction of sp³-hybridized carbons (Fsp3) is 0.222. The minimum Gasteiger partial charge on any atom is -0.331 e. The Morgan fingerprint density at radius 2 is 1.75 bits per heavy atom. The van der Waals surface area contributed by atoms with Gasteiger partial charge < -0.3 is 5.32 Å². The third-order valence-corrected chi connectivity index (χ3v) is 4.24. The molecule has 1 aliphatic rings. The van der Waals surface area contributed by atoms with E-state index in [9.17, 15) is 9.18 Å². The molecule has 1 saturated carbocycles. The molecule has 0 aromatic heterocycles. The van der Waals surface area contributed by atoms with Gasteiger partial charge in [0.05, 0.1) is 0 Å². The molecule has 0 bridgehead atoms. The zero-order valence-corrected chi connectivity index (χ0v) is 14.0. The van der Waals surface area contributed by atoms with Gasteiger partial charge in [0.15, 0.2) is 5.11 Å². The number of carbonyl (C=O) groups is 1. The van der Waals surface area contributed by atoms with Crippen LogP contribution in [0.25, 0.3) is 0 Å². The number of rotatable bonds is 3. The first-order valence-electron chi connectivity index (χ1n) is 7.72. The summed E-state index contributed by atoms with van der Waals surface area (Å²) in [5.41, 5.74) is 8.34. The molecule has 124 valence electrons. The van der Waals surface area contributed by atoms with E-state index in [2.05, 4.69) is 40.4 Å². The van der Waals surface area contributed by atoms with Gasteiger partial charge in [0.2, 0.25) is 5.91 Å². The van der Waals surface area contributed by atoms with Gasteiger partial charge >= 0.3 is 0 Å². The van der Waals surface area contributed by atoms with Crippen molar-refractivity contribution in [3.8, 4) is 0 Å². The van der Waals surface area contributed by atoms with Gasteiger partial charge in [0.1, 0.15) is 5.82 Å². The van der Waals surface area contributed by atoms with Crippen molar-refractivity contribution in [2.45, 2.75) is 19.3 Å². The van der Waals surface area contributed by atoms with Gasteiger partial charge in [-0.15, -0.1) is 0 Å². The first kappa shape index (κ1) is 16.4. The van der Waals surface area contributed by atoms with Crippen molar-refractivity contribution in [2.75, 3.05) is 5.32 Å². The van der Waals surface area contributed by atoms with Crippen LogP contribution in [0.3, 0.4) is 0 Å². The Bertz CT molecular complexity index is 746. The lowest BCUT2D eigenvalue weighted by Gasteiger charge is -2.11. The third kappa shape index (κ3) is 4.08. The van der Waals surface area contributed by atoms with Gasteiger partial charge in [-0.25, -0.2) is 4.39 Å². The van der Waals surface area contributed by atoms with Crippen LogP contribution < -0.4 is 16.2 Å². The highest BCUT2D eigenvalue weighted by Gasteiger charge is 2.43. The molecule has 0 aliphatic heterocycles. The van der Waals surface area contributed by atoms with Crippen LogP contribution in [0, 0.1) is 18.7 Å². The van der Waals surface area contributed by atoms with E-state index < -0.39 is 0 Å². The SMILES string of the molecule is Cc1ccc([C@@H]2C[C@H]2C(=O)NNC(=S)Nc2ccc(F)cc2)cc1. The van der Waals surface area contributed by atoms with Crippen LogP contribution in [0.2, 0.25) is 0 Å². The molecule has 4 nitrogen and oxygen atoms in total. The lowest BCUT2D eigenvalue weighted by atomic mass is 10.1. The second kappa shape index (κ2) is 6.97. The van der Waals surface area contributed by atoms with Gasteiger partial charge in [-0.3, -0.25) is 15.6 Å². The fourth-order valence-electron chi connectivity index (χ4n) is 2.57. The van der Waals surface area contributed by atoms with Crippen molar-refractivity contribution >= 4 is 28.9 Å². The Labute approximate surface area is 145 Å². The van der Waals surface area contributed by atoms with Gasteiger partial charge in [-0.1, -0.05) is 29.8 Å². The second-order valence-corrected chi connectivity index (χ2v) is 6.34. The summed E-state index contributed by atoms with van der Waals surface area (Å²) < 4.78 is 12.8. The molecule has 24 heavy (non-hydrogen) atoms. The molecular weight excluding hydrogens is 325 g/mol. The molecule has 1 aliphatic carbocycles. The highest BCUT2D eigenvalue weighted by Crippen LogP contribution is 2.47. The lowest BCUT2D eigenvalue weighted by molar-refractivity contribution is -0.122. The molecule has 2 aromatic carbocycles. The molecule has 0 spiro atoms. The van der Waals surface area contributed by atoms with Crippen LogP contribution in [-0.4, -0.2) is 11.0 Å². The number of hydrogen-bond acceptors (Lipinski definition) is 2. The molecule has 6 heteroatoms. The number of nitrogens with one attached hydrogen (secondary N) is 3. The van der Waals surface area contributed by atoms with E-state index in [4.69, 9.17) is 12.2 Å². The molecule has 3 N–H and O–H groups in total. The van der Waals surface area contributed by atoms with Crippen molar-refractivity contribution in [2.24, 2.45) is 5.92 Å². The van der Waals surface area contributed by atoms with Crippen LogP contribution in [-0.2, 0) is 4.79 Å². The number of aryl methyl sites for hydroxylation is 1. The third-order valence-electron chi connectivity index (χ3n) is 4.03. The molecule has 1 fully saturated rings. The molecule has 2 aromatic rings. The topological polar surface area (TPSA) is 53.2 Å². The summed E-state index contributed by atoms with van der Waals surface area (Å²) in [6, 6.07) is 14.1. The average Bonchev–Trinajstić information content (AvgIpc) is 3.36. The Hall–Kier alpha value is -2.47. The summed E-state index contributed by atoms with van der Waals surface area (Å²) in [7, 11) is 0. The predicted octanol–water partition coefficient (Wildman–Crippen LogP) is 3.26. The molecule has 0 unspecified atom stereocenters. The normalized spacial score (nSPS) is 18.6. The summed E-state index contributed by atoms with van der Waals surface area (Å²) >= 11 is 5.10.